The van der Waals surface area contributed by atoms with Gasteiger partial charge in [0.2, 0.25) is 11.8 Å². The van der Waals surface area contributed by atoms with E-state index in [1.807, 2.05) is 22.2 Å². The van der Waals surface area contributed by atoms with Crippen molar-refractivity contribution in [3.63, 3.8) is 0 Å². The fourth-order valence-corrected chi connectivity index (χ4v) is 7.54. The number of amides is 2. The topological polar surface area (TPSA) is 98.0 Å². The van der Waals surface area contributed by atoms with Crippen LogP contribution >= 0.6 is 0 Å². The number of hydrogen-bond acceptors (Lipinski definition) is 4. The van der Waals surface area contributed by atoms with Crippen LogP contribution in [0.5, 0.6) is 0 Å². The van der Waals surface area contributed by atoms with Gasteiger partial charge in [-0.05, 0) is 65.0 Å². The standard InChI is InChI=1S/C40H46N6O2/c1-25(2)21-37(47)45-19-7-11-35(45)39-41-23-33(43-39)28-15-13-27(14-16-28)29-17-18-32(31-10-6-5-9-30(29)31)34-24-42-40(44-34)36-12-8-20-46(36)38(48)22-26(3)4/h5-6,9-10,13-18,23-26,35-36H,7-8,11-12,19-22H2,1-4H3,(H,41,43)(H,42,44)/t35-,36-/m0/s1. The number of likely N-dealkylation sites (tertiary alicyclic amines) is 2. The second-order valence-electron chi connectivity index (χ2n) is 14.3. The molecule has 2 aliphatic heterocycles. The predicted molar refractivity (Wildman–Crippen MR) is 191 cm³/mol. The zero-order valence-corrected chi connectivity index (χ0v) is 28.5. The number of imidazole rings is 2. The van der Waals surface area contributed by atoms with E-state index in [0.717, 1.165) is 89.4 Å². The zero-order chi connectivity index (χ0) is 33.4. The third kappa shape index (κ3) is 6.28. The number of carbonyl (C=O) groups is 2. The third-order valence-electron chi connectivity index (χ3n) is 9.86. The molecule has 7 rings (SSSR count). The number of carbonyl (C=O) groups excluding carboxylic acids is 2. The average Bonchev–Trinajstić information content (AvgIpc) is 3.90. The van der Waals surface area contributed by atoms with Crippen molar-refractivity contribution in [3.8, 4) is 33.6 Å². The van der Waals surface area contributed by atoms with E-state index in [1.165, 1.54) is 5.39 Å². The first-order valence-electron chi connectivity index (χ1n) is 17.6. The molecule has 2 aliphatic rings. The number of nitrogens with one attached hydrogen (secondary N) is 2. The van der Waals surface area contributed by atoms with Crippen molar-refractivity contribution in [2.75, 3.05) is 13.1 Å². The minimum atomic E-state index is 0.00414. The second-order valence-corrected chi connectivity index (χ2v) is 14.3. The van der Waals surface area contributed by atoms with E-state index >= 15 is 0 Å². The molecule has 0 aliphatic carbocycles. The number of H-pyrrole nitrogens is 2. The van der Waals surface area contributed by atoms with Crippen LogP contribution in [-0.4, -0.2) is 54.6 Å². The van der Waals surface area contributed by atoms with Crippen molar-refractivity contribution in [1.29, 1.82) is 0 Å². The van der Waals surface area contributed by atoms with Crippen LogP contribution in [0.3, 0.4) is 0 Å². The molecule has 48 heavy (non-hydrogen) atoms. The molecule has 2 N–H and O–H groups in total. The Hall–Kier alpha value is -4.72. The Morgan fingerprint density at radius 2 is 1.15 bits per heavy atom. The lowest BCUT2D eigenvalue weighted by atomic mass is 9.93. The fourth-order valence-electron chi connectivity index (χ4n) is 7.54. The van der Waals surface area contributed by atoms with E-state index in [9.17, 15) is 9.59 Å². The molecule has 2 atom stereocenters. The van der Waals surface area contributed by atoms with Crippen molar-refractivity contribution in [3.05, 3.63) is 84.7 Å². The van der Waals surface area contributed by atoms with Crippen molar-refractivity contribution in [2.24, 2.45) is 11.8 Å². The van der Waals surface area contributed by atoms with E-state index < -0.39 is 0 Å². The molecule has 0 saturated carbocycles. The molecule has 4 heterocycles. The second kappa shape index (κ2) is 13.4. The number of benzene rings is 3. The maximum absolute atomic E-state index is 12.9. The Bertz CT molecular complexity index is 1920. The monoisotopic (exact) mass is 642 g/mol. The van der Waals surface area contributed by atoms with E-state index in [1.54, 1.807) is 0 Å². The van der Waals surface area contributed by atoms with Gasteiger partial charge in [0, 0.05) is 31.5 Å². The van der Waals surface area contributed by atoms with Gasteiger partial charge in [-0.2, -0.15) is 0 Å². The molecule has 2 saturated heterocycles. The van der Waals surface area contributed by atoms with Gasteiger partial charge in [0.15, 0.2) is 0 Å². The summed E-state index contributed by atoms with van der Waals surface area (Å²) in [7, 11) is 0. The highest BCUT2D eigenvalue weighted by atomic mass is 16.2. The minimum absolute atomic E-state index is 0.00414. The maximum atomic E-state index is 12.9. The average molecular weight is 643 g/mol. The van der Waals surface area contributed by atoms with E-state index in [-0.39, 0.29) is 23.9 Å². The number of aromatic amines is 2. The van der Waals surface area contributed by atoms with Crippen LogP contribution in [0.4, 0.5) is 0 Å². The first-order chi connectivity index (χ1) is 23.3. The lowest BCUT2D eigenvalue weighted by Gasteiger charge is -2.24. The summed E-state index contributed by atoms with van der Waals surface area (Å²) in [5, 5.41) is 2.32. The molecule has 8 heteroatoms. The van der Waals surface area contributed by atoms with Crippen molar-refractivity contribution in [1.82, 2.24) is 29.7 Å². The lowest BCUT2D eigenvalue weighted by molar-refractivity contribution is -0.133. The zero-order valence-electron chi connectivity index (χ0n) is 28.5. The van der Waals surface area contributed by atoms with Crippen LogP contribution in [0.1, 0.15) is 90.0 Å². The molecular weight excluding hydrogens is 596 g/mol. The largest absolute Gasteiger partial charge is 0.340 e. The molecule has 2 amide bonds. The van der Waals surface area contributed by atoms with Gasteiger partial charge in [-0.3, -0.25) is 9.59 Å². The molecule has 0 spiro atoms. The molecule has 0 radical (unpaired) electrons. The summed E-state index contributed by atoms with van der Waals surface area (Å²) in [6.45, 7) is 9.96. The highest BCUT2D eigenvalue weighted by Crippen LogP contribution is 2.38. The predicted octanol–water partition coefficient (Wildman–Crippen LogP) is 8.71. The molecule has 248 valence electrons. The smallest absolute Gasteiger partial charge is 0.223 e. The van der Waals surface area contributed by atoms with Gasteiger partial charge in [-0.25, -0.2) is 9.97 Å². The maximum Gasteiger partial charge on any atom is 0.223 e. The number of aromatic nitrogens is 4. The van der Waals surface area contributed by atoms with Gasteiger partial charge in [-0.1, -0.05) is 88.4 Å². The molecule has 2 aromatic heterocycles. The van der Waals surface area contributed by atoms with Crippen molar-refractivity contribution in [2.45, 2.75) is 78.3 Å². The van der Waals surface area contributed by atoms with Crippen molar-refractivity contribution < 1.29 is 9.59 Å². The summed E-state index contributed by atoms with van der Waals surface area (Å²) in [5.41, 5.74) is 6.39. The van der Waals surface area contributed by atoms with Gasteiger partial charge in [-0.15, -0.1) is 0 Å². The Labute approximate surface area is 283 Å². The first kappa shape index (κ1) is 31.9. The van der Waals surface area contributed by atoms with E-state index in [2.05, 4.69) is 98.3 Å². The molecule has 5 aromatic rings. The van der Waals surface area contributed by atoms with Crippen LogP contribution in [0.2, 0.25) is 0 Å². The third-order valence-corrected chi connectivity index (χ3v) is 9.86. The van der Waals surface area contributed by atoms with Crippen LogP contribution in [0, 0.1) is 11.8 Å². The Balaban J connectivity index is 1.12. The lowest BCUT2D eigenvalue weighted by Crippen LogP contribution is -2.31. The van der Waals surface area contributed by atoms with Gasteiger partial charge in [0.1, 0.15) is 11.6 Å². The van der Waals surface area contributed by atoms with Crippen LogP contribution in [0.25, 0.3) is 44.4 Å². The Kier molecular flexibility index (Phi) is 8.90. The van der Waals surface area contributed by atoms with Crippen LogP contribution in [-0.2, 0) is 9.59 Å². The summed E-state index contributed by atoms with van der Waals surface area (Å²) in [6.07, 6.45) is 8.83. The summed E-state index contributed by atoms with van der Waals surface area (Å²) in [4.78, 5) is 46.5. The van der Waals surface area contributed by atoms with Gasteiger partial charge in [0.05, 0.1) is 35.9 Å². The van der Waals surface area contributed by atoms with Gasteiger partial charge in [0.25, 0.3) is 0 Å². The van der Waals surface area contributed by atoms with Crippen molar-refractivity contribution >= 4 is 22.6 Å². The summed E-state index contributed by atoms with van der Waals surface area (Å²) >= 11 is 0. The van der Waals surface area contributed by atoms with Crippen LogP contribution in [0.15, 0.2) is 73.1 Å². The normalized spacial score (nSPS) is 18.1. The highest BCUT2D eigenvalue weighted by Gasteiger charge is 2.33. The SMILES string of the molecule is CC(C)CC(=O)N1CCC[C@H]1c1ncc(-c2ccc(-c3ccc(-c4cnc([C@@H]5CCCN5C(=O)CC(C)C)[nH]4)c4ccccc34)cc2)[nH]1. The molecule has 0 unspecified atom stereocenters. The molecule has 2 fully saturated rings. The fraction of sp³-hybridized carbons (Fsp3) is 0.400. The number of fused-ring (bicyclic) bond motifs is 1. The molecule has 3 aromatic carbocycles. The quantitative estimate of drug-likeness (QED) is 0.168. The summed E-state index contributed by atoms with van der Waals surface area (Å²) in [6, 6.07) is 21.5. The summed E-state index contributed by atoms with van der Waals surface area (Å²) in [5.74, 6) is 2.86. The Morgan fingerprint density at radius 1 is 0.667 bits per heavy atom. The van der Waals surface area contributed by atoms with E-state index in [0.29, 0.717) is 24.7 Å². The molecular formula is C40H46N6O2. The highest BCUT2D eigenvalue weighted by molar-refractivity contribution is 6.04. The Morgan fingerprint density at radius 3 is 1.71 bits per heavy atom. The first-order valence-corrected chi connectivity index (χ1v) is 17.6. The minimum Gasteiger partial charge on any atom is -0.340 e. The van der Waals surface area contributed by atoms with E-state index in [4.69, 9.17) is 9.97 Å². The number of hydrogen-bond donors (Lipinski definition) is 2. The van der Waals surface area contributed by atoms with Gasteiger partial charge < -0.3 is 19.8 Å². The van der Waals surface area contributed by atoms with Crippen LogP contribution < -0.4 is 0 Å². The summed E-state index contributed by atoms with van der Waals surface area (Å²) < 4.78 is 0. The number of nitrogens with zero attached hydrogens (tertiary/aromatic N) is 4. The number of rotatable bonds is 9. The molecule has 0 bridgehead atoms. The van der Waals surface area contributed by atoms with Gasteiger partial charge >= 0.3 is 0 Å². The molecule has 8 nitrogen and oxygen atoms in total.